The van der Waals surface area contributed by atoms with E-state index in [-0.39, 0.29) is 0 Å². The van der Waals surface area contributed by atoms with E-state index in [4.69, 9.17) is 0 Å². The molecule has 0 atom stereocenters. The molecule has 1 aliphatic rings. The van der Waals surface area contributed by atoms with Crippen molar-refractivity contribution in [3.63, 3.8) is 0 Å². The molecule has 0 N–H and O–H groups in total. The first-order valence-corrected chi connectivity index (χ1v) is 6.78. The Morgan fingerprint density at radius 2 is 1.56 bits per heavy atom. The molecule has 1 aromatic carbocycles. The minimum Gasteiger partial charge on any atom is -0.155 e. The molecule has 0 heterocycles. The zero-order chi connectivity index (χ0) is 13.6. The van der Waals surface area contributed by atoms with Gasteiger partial charge in [-0.25, -0.2) is 0 Å². The Morgan fingerprint density at radius 3 is 2.11 bits per heavy atom. The Balaban J connectivity index is 0.000000659. The fraction of sp³-hybridized carbons (Fsp3) is 0.375. The van der Waals surface area contributed by atoms with Crippen molar-refractivity contribution in [1.29, 1.82) is 0 Å². The summed E-state index contributed by atoms with van der Waals surface area (Å²) in [4.78, 5) is 0. The minimum absolute atomic E-state index is 0.906. The molecule has 0 bridgehead atoms. The van der Waals surface area contributed by atoms with Crippen molar-refractivity contribution in [2.75, 3.05) is 0 Å². The molecule has 0 saturated heterocycles. The van der Waals surface area contributed by atoms with E-state index in [0.29, 0.717) is 0 Å². The topological polar surface area (TPSA) is 24.7 Å². The molecule has 2 rings (SSSR count). The van der Waals surface area contributed by atoms with Crippen molar-refractivity contribution in [1.82, 2.24) is 0 Å². The number of nitrogens with zero attached hydrogens (tertiary/aromatic N) is 2. The van der Waals surface area contributed by atoms with E-state index in [1.807, 2.05) is 70.2 Å². The fourth-order valence-corrected chi connectivity index (χ4v) is 1.29. The lowest BCUT2D eigenvalue weighted by Crippen LogP contribution is -1.81. The van der Waals surface area contributed by atoms with Crippen molar-refractivity contribution < 1.29 is 0 Å². The van der Waals surface area contributed by atoms with E-state index < -0.39 is 0 Å². The highest BCUT2D eigenvalue weighted by atomic mass is 15.1. The lowest BCUT2D eigenvalue weighted by molar-refractivity contribution is 0.912. The largest absolute Gasteiger partial charge is 0.155 e. The number of rotatable bonds is 2. The molecular formula is C16H24N2. The van der Waals surface area contributed by atoms with Crippen molar-refractivity contribution in [2.45, 2.75) is 40.5 Å². The van der Waals surface area contributed by atoms with Crippen LogP contribution < -0.4 is 0 Å². The van der Waals surface area contributed by atoms with E-state index >= 15 is 0 Å². The van der Waals surface area contributed by atoms with Gasteiger partial charge in [0.2, 0.25) is 0 Å². The first-order chi connectivity index (χ1) is 8.95. The Bertz CT molecular complexity index is 375. The van der Waals surface area contributed by atoms with Crippen LogP contribution in [0.4, 0.5) is 5.69 Å². The normalized spacial score (nSPS) is 13.0. The fourth-order valence-electron chi connectivity index (χ4n) is 1.29. The quantitative estimate of drug-likeness (QED) is 0.565. The molecule has 1 aromatic rings. The number of azo groups is 1. The zero-order valence-electron chi connectivity index (χ0n) is 11.9. The van der Waals surface area contributed by atoms with Gasteiger partial charge in [-0.1, -0.05) is 58.0 Å². The van der Waals surface area contributed by atoms with Crippen LogP contribution in [0.15, 0.2) is 64.5 Å². The molecule has 1 aliphatic carbocycles. The maximum absolute atomic E-state index is 4.19. The van der Waals surface area contributed by atoms with Gasteiger partial charge in [-0.2, -0.15) is 10.2 Å². The van der Waals surface area contributed by atoms with Crippen LogP contribution in [-0.4, -0.2) is 0 Å². The van der Waals surface area contributed by atoms with Gasteiger partial charge >= 0.3 is 0 Å². The van der Waals surface area contributed by atoms with Crippen LogP contribution in [0.5, 0.6) is 0 Å². The smallest absolute Gasteiger partial charge is 0.0856 e. The highest BCUT2D eigenvalue weighted by molar-refractivity contribution is 5.35. The number of allylic oxidation sites excluding steroid dienone is 4. The maximum atomic E-state index is 4.19. The van der Waals surface area contributed by atoms with Crippen LogP contribution >= 0.6 is 0 Å². The number of hydrogen-bond acceptors (Lipinski definition) is 2. The Labute approximate surface area is 111 Å². The highest BCUT2D eigenvalue weighted by Crippen LogP contribution is 2.17. The maximum Gasteiger partial charge on any atom is 0.0856 e. The third-order valence-corrected chi connectivity index (χ3v) is 2.04. The molecule has 98 valence electrons. The standard InChI is InChI=1S/C12H12N2.2C2H6/c1-3-7-11(8-4-1)13-14-12-9-5-2-6-10-12;2*1-2/h1-5,7-9H,6,10H2;2*1-2H3. The average Bonchev–Trinajstić information content (AvgIpc) is 2.51. The van der Waals surface area contributed by atoms with Gasteiger partial charge in [0, 0.05) is 0 Å². The molecule has 0 unspecified atom stereocenters. The first-order valence-electron chi connectivity index (χ1n) is 6.78. The van der Waals surface area contributed by atoms with Crippen LogP contribution in [0.25, 0.3) is 0 Å². The third kappa shape index (κ3) is 6.79. The highest BCUT2D eigenvalue weighted by Gasteiger charge is 1.96. The summed E-state index contributed by atoms with van der Waals surface area (Å²) in [5.74, 6) is 0. The monoisotopic (exact) mass is 244 g/mol. The molecule has 2 heteroatoms. The van der Waals surface area contributed by atoms with Gasteiger partial charge in [0.05, 0.1) is 11.4 Å². The molecule has 18 heavy (non-hydrogen) atoms. The van der Waals surface area contributed by atoms with Crippen LogP contribution in [0, 0.1) is 0 Å². The molecule has 0 spiro atoms. The van der Waals surface area contributed by atoms with E-state index in [1.165, 1.54) is 0 Å². The molecule has 0 aliphatic heterocycles. The minimum atomic E-state index is 0.906. The molecule has 0 saturated carbocycles. The van der Waals surface area contributed by atoms with Crippen LogP contribution in [0.1, 0.15) is 40.5 Å². The van der Waals surface area contributed by atoms with Crippen LogP contribution in [0.2, 0.25) is 0 Å². The summed E-state index contributed by atoms with van der Waals surface area (Å²) in [5.41, 5.74) is 1.96. The Morgan fingerprint density at radius 1 is 0.889 bits per heavy atom. The van der Waals surface area contributed by atoms with E-state index in [9.17, 15) is 0 Å². The van der Waals surface area contributed by atoms with E-state index in [0.717, 1.165) is 24.2 Å². The summed E-state index contributed by atoms with van der Waals surface area (Å²) in [6.45, 7) is 8.00. The predicted molar refractivity (Wildman–Crippen MR) is 80.1 cm³/mol. The molecule has 0 fully saturated rings. The van der Waals surface area contributed by atoms with Crippen molar-refractivity contribution in [3.05, 3.63) is 54.3 Å². The van der Waals surface area contributed by atoms with Crippen molar-refractivity contribution in [3.8, 4) is 0 Å². The van der Waals surface area contributed by atoms with E-state index in [2.05, 4.69) is 16.3 Å². The summed E-state index contributed by atoms with van der Waals surface area (Å²) in [6, 6.07) is 9.79. The third-order valence-electron chi connectivity index (χ3n) is 2.04. The van der Waals surface area contributed by atoms with E-state index in [1.54, 1.807) is 0 Å². The lowest BCUT2D eigenvalue weighted by atomic mass is 10.1. The number of hydrogen-bond donors (Lipinski definition) is 0. The molecule has 2 nitrogen and oxygen atoms in total. The zero-order valence-corrected chi connectivity index (χ0v) is 11.9. The van der Waals surface area contributed by atoms with Gasteiger partial charge in [0.25, 0.3) is 0 Å². The van der Waals surface area contributed by atoms with Crippen molar-refractivity contribution in [2.24, 2.45) is 10.2 Å². The second-order valence-electron chi connectivity index (χ2n) is 3.16. The molecule has 0 amide bonds. The van der Waals surface area contributed by atoms with Gasteiger partial charge in [-0.05, 0) is 31.1 Å². The van der Waals surface area contributed by atoms with Gasteiger partial charge in [-0.15, -0.1) is 0 Å². The summed E-state index contributed by atoms with van der Waals surface area (Å²) in [7, 11) is 0. The Hall–Kier alpha value is -1.70. The predicted octanol–water partition coefficient (Wildman–Crippen LogP) is 6.06. The summed E-state index contributed by atoms with van der Waals surface area (Å²) in [5, 5.41) is 8.34. The number of benzene rings is 1. The summed E-state index contributed by atoms with van der Waals surface area (Å²) < 4.78 is 0. The Kier molecular flexibility index (Phi) is 10.7. The van der Waals surface area contributed by atoms with Gasteiger partial charge in [-0.3, -0.25) is 0 Å². The van der Waals surface area contributed by atoms with Gasteiger partial charge in [0.15, 0.2) is 0 Å². The second-order valence-corrected chi connectivity index (χ2v) is 3.16. The second kappa shape index (κ2) is 11.8. The molecular weight excluding hydrogens is 220 g/mol. The SMILES string of the molecule is C1=CCCC(N=Nc2ccccc2)=C1.CC.CC. The molecule has 0 radical (unpaired) electrons. The first kappa shape index (κ1) is 16.3. The van der Waals surface area contributed by atoms with Gasteiger partial charge < -0.3 is 0 Å². The average molecular weight is 244 g/mol. The lowest BCUT2D eigenvalue weighted by Gasteiger charge is -2.00. The molecule has 0 aromatic heterocycles. The van der Waals surface area contributed by atoms with Gasteiger partial charge in [0.1, 0.15) is 0 Å². The van der Waals surface area contributed by atoms with Crippen LogP contribution in [0.3, 0.4) is 0 Å². The van der Waals surface area contributed by atoms with Crippen molar-refractivity contribution >= 4 is 5.69 Å². The summed E-state index contributed by atoms with van der Waals surface area (Å²) in [6.07, 6.45) is 8.24. The summed E-state index contributed by atoms with van der Waals surface area (Å²) >= 11 is 0. The van der Waals surface area contributed by atoms with Crippen LogP contribution in [-0.2, 0) is 0 Å².